The molecule has 4 aromatic rings. The molecule has 1 aromatic heterocycles. The second kappa shape index (κ2) is 17.6. The van der Waals surface area contributed by atoms with Gasteiger partial charge in [0.2, 0.25) is 11.8 Å². The zero-order valence-corrected chi connectivity index (χ0v) is 33.1. The van der Waals surface area contributed by atoms with Crippen LogP contribution in [-0.2, 0) is 31.6 Å². The van der Waals surface area contributed by atoms with Crippen molar-refractivity contribution in [3.8, 4) is 0 Å². The third-order valence-corrected chi connectivity index (χ3v) is 10.1. The lowest BCUT2D eigenvalue weighted by atomic mass is 9.62. The Morgan fingerprint density at radius 1 is 0.815 bits per heavy atom. The Morgan fingerprint density at radius 2 is 1.43 bits per heavy atom. The first kappa shape index (κ1) is 41.9. The molecule has 0 spiro atoms. The predicted molar refractivity (Wildman–Crippen MR) is 218 cm³/mol. The Hall–Kier alpha value is -4.81. The molecule has 286 valence electrons. The van der Waals surface area contributed by atoms with Gasteiger partial charge in [-0.1, -0.05) is 84.9 Å². The summed E-state index contributed by atoms with van der Waals surface area (Å²) < 4.78 is 7.16. The van der Waals surface area contributed by atoms with Crippen LogP contribution < -0.4 is 16.2 Å². The summed E-state index contributed by atoms with van der Waals surface area (Å²) >= 11 is 0. The van der Waals surface area contributed by atoms with Crippen LogP contribution in [0.4, 0.5) is 0 Å². The van der Waals surface area contributed by atoms with Gasteiger partial charge in [-0.3, -0.25) is 19.2 Å². The van der Waals surface area contributed by atoms with Crippen molar-refractivity contribution < 1.29 is 23.9 Å². The van der Waals surface area contributed by atoms with Crippen molar-refractivity contribution in [2.45, 2.75) is 75.5 Å². The smallest absolute Gasteiger partial charge is 0.333 e. The third-order valence-electron chi connectivity index (χ3n) is 10.1. The van der Waals surface area contributed by atoms with Crippen molar-refractivity contribution in [1.82, 2.24) is 20.1 Å². The molecule has 3 amide bonds. The van der Waals surface area contributed by atoms with Gasteiger partial charge in [0.25, 0.3) is 11.5 Å². The van der Waals surface area contributed by atoms with Gasteiger partial charge in [0, 0.05) is 32.4 Å². The minimum absolute atomic E-state index is 0. The molecule has 1 fully saturated rings. The molecule has 2 heterocycles. The number of nitrogens with one attached hydrogen (secondary N) is 2. The fraction of sp³-hybridized carbons (Fsp3) is 0.357. The predicted octanol–water partition coefficient (Wildman–Crippen LogP) is 5.39. The monoisotopic (exact) mass is 770 g/mol. The second-order valence-corrected chi connectivity index (χ2v) is 14.7. The number of aromatic nitrogens is 1. The molecule has 0 bridgehead atoms. The number of rotatable bonds is 8. The highest BCUT2D eigenvalue weighted by Gasteiger charge is 2.50. The van der Waals surface area contributed by atoms with E-state index in [4.69, 9.17) is 4.74 Å². The van der Waals surface area contributed by atoms with Gasteiger partial charge < -0.3 is 24.8 Å². The van der Waals surface area contributed by atoms with E-state index < -0.39 is 34.9 Å². The van der Waals surface area contributed by atoms with E-state index in [1.54, 1.807) is 52.2 Å². The number of pyridine rings is 1. The number of piperidine rings is 1. The molecule has 0 saturated carbocycles. The zero-order valence-electron chi connectivity index (χ0n) is 31.1. The molecule has 2 N–H and O–H groups in total. The first-order valence-electron chi connectivity index (χ1n) is 17.9. The van der Waals surface area contributed by atoms with Crippen LogP contribution in [0.3, 0.4) is 0 Å². The number of ether oxygens (including phenoxy) is 1. The molecule has 3 atom stereocenters. The van der Waals surface area contributed by atoms with Gasteiger partial charge in [-0.2, -0.15) is 27.0 Å². The lowest BCUT2D eigenvalue weighted by molar-refractivity contribution is -0.159. The minimum Gasteiger partial charge on any atom is -0.458 e. The molecule has 10 nitrogen and oxygen atoms in total. The Labute approximate surface area is 330 Å². The number of likely N-dealkylation sites (tertiary alicyclic amines) is 1. The highest BCUT2D eigenvalue weighted by molar-refractivity contribution is 7.59. The topological polar surface area (TPSA) is 127 Å². The average molecular weight is 771 g/mol. The van der Waals surface area contributed by atoms with Crippen LogP contribution in [0.25, 0.3) is 0 Å². The maximum absolute atomic E-state index is 14.9. The van der Waals surface area contributed by atoms with E-state index in [2.05, 4.69) is 10.6 Å². The summed E-state index contributed by atoms with van der Waals surface area (Å²) in [5.74, 6) is -1.81. The van der Waals surface area contributed by atoms with Crippen molar-refractivity contribution >= 4 is 50.7 Å². The van der Waals surface area contributed by atoms with Crippen LogP contribution in [-0.4, -0.2) is 57.9 Å². The van der Waals surface area contributed by atoms with E-state index in [-0.39, 0.29) is 56.0 Å². The largest absolute Gasteiger partial charge is 0.458 e. The summed E-state index contributed by atoms with van der Waals surface area (Å²) in [5, 5.41) is 6.07. The van der Waals surface area contributed by atoms with Crippen molar-refractivity contribution in [2.75, 3.05) is 13.1 Å². The highest BCUT2D eigenvalue weighted by atomic mass is 32.1. The number of hydrogen-bond donors (Lipinski definition) is 2. The fourth-order valence-corrected chi connectivity index (χ4v) is 7.52. The van der Waals surface area contributed by atoms with Gasteiger partial charge >= 0.3 is 5.97 Å². The second-order valence-electron chi connectivity index (χ2n) is 14.7. The van der Waals surface area contributed by atoms with Crippen LogP contribution in [0.15, 0.2) is 108 Å². The van der Waals surface area contributed by atoms with Crippen LogP contribution in [0.5, 0.6) is 0 Å². The highest BCUT2D eigenvalue weighted by Crippen LogP contribution is 2.48. The van der Waals surface area contributed by atoms with Crippen molar-refractivity contribution in [3.05, 3.63) is 141 Å². The van der Waals surface area contributed by atoms with Crippen molar-refractivity contribution in [2.24, 2.45) is 7.05 Å². The number of amides is 3. The van der Waals surface area contributed by atoms with Crippen LogP contribution in [0, 0.1) is 0 Å². The molecule has 3 aromatic carbocycles. The van der Waals surface area contributed by atoms with Gasteiger partial charge in [-0.05, 0) is 80.8 Å². The molecule has 54 heavy (non-hydrogen) atoms. The number of aryl methyl sites for hydroxylation is 1. The Balaban J connectivity index is 0.00000325. The molecular formula is C42H50N4O6S2. The first-order valence-corrected chi connectivity index (χ1v) is 17.9. The lowest BCUT2D eigenvalue weighted by Crippen LogP contribution is -2.52. The standard InChI is InChI=1S/C42H46N4O6.2H2S/c1-41(2,3)52-39(50)35(28-14-7-5-8-15-28)44-40(51)42(29-16-9-6-10-17-29)24-21-32(31-18-11-12-20-34(31)42)38(49)46-26-22-30(23-27-46)43-36(47)33-19-13-25-45(4)37(33)48;;/h5-20,25,30,32,35H,21-24,26-27H2,1-4H3,(H,43,47)(H,44,51);2*1H2/t32-,35-,42+;;/m0../s1. The van der Waals surface area contributed by atoms with Crippen LogP contribution in [0.2, 0.25) is 0 Å². The number of carbonyl (C=O) groups excluding carboxylic acids is 4. The third kappa shape index (κ3) is 8.76. The van der Waals surface area contributed by atoms with E-state index in [0.717, 1.165) is 16.7 Å². The molecule has 0 unspecified atom stereocenters. The lowest BCUT2D eigenvalue weighted by Gasteiger charge is -2.43. The van der Waals surface area contributed by atoms with Gasteiger partial charge in [-0.15, -0.1) is 0 Å². The quantitative estimate of drug-likeness (QED) is 0.232. The number of hydrogen-bond acceptors (Lipinski definition) is 6. The minimum atomic E-state index is -1.19. The number of nitrogens with zero attached hydrogens (tertiary/aromatic N) is 2. The zero-order chi connectivity index (χ0) is 37.0. The Morgan fingerprint density at radius 3 is 2.07 bits per heavy atom. The van der Waals surface area contributed by atoms with E-state index in [1.165, 1.54) is 10.6 Å². The maximum atomic E-state index is 14.9. The summed E-state index contributed by atoms with van der Waals surface area (Å²) in [6.45, 7) is 6.28. The molecule has 1 saturated heterocycles. The average Bonchev–Trinajstić information content (AvgIpc) is 3.14. The van der Waals surface area contributed by atoms with Gasteiger partial charge in [0.1, 0.15) is 11.2 Å². The Bertz CT molecular complexity index is 2010. The molecule has 6 rings (SSSR count). The van der Waals surface area contributed by atoms with Crippen molar-refractivity contribution in [3.63, 3.8) is 0 Å². The normalized spacial score (nSPS) is 18.8. The van der Waals surface area contributed by atoms with Crippen LogP contribution in [0.1, 0.15) is 91.0 Å². The maximum Gasteiger partial charge on any atom is 0.333 e. The molecular weight excluding hydrogens is 721 g/mol. The van der Waals surface area contributed by atoms with Crippen LogP contribution >= 0.6 is 27.0 Å². The molecule has 2 aliphatic rings. The molecule has 1 aliphatic heterocycles. The summed E-state index contributed by atoms with van der Waals surface area (Å²) in [6.07, 6.45) is 3.47. The van der Waals surface area contributed by atoms with E-state index in [1.807, 2.05) is 77.7 Å². The number of fused-ring (bicyclic) bond motifs is 1. The number of carbonyl (C=O) groups is 4. The summed E-state index contributed by atoms with van der Waals surface area (Å²) in [7, 11) is 1.61. The Kier molecular flexibility index (Phi) is 13.6. The summed E-state index contributed by atoms with van der Waals surface area (Å²) in [4.78, 5) is 70.0. The fourth-order valence-electron chi connectivity index (χ4n) is 7.52. The summed E-state index contributed by atoms with van der Waals surface area (Å²) in [5.41, 5.74) is 0.668. The van der Waals surface area contributed by atoms with Gasteiger partial charge in [0.05, 0.1) is 11.3 Å². The molecule has 0 radical (unpaired) electrons. The number of esters is 1. The SMILES string of the molecule is Cn1cccc(C(=O)NC2CCN(C(=O)[C@H]3CC[C@@](C(=O)N[C@H](C(=O)OC(C)(C)C)c4ccccc4)(c4ccccc4)c4ccccc43)CC2)c1=O.S.S. The molecule has 1 aliphatic carbocycles. The molecule has 12 heteroatoms. The first-order chi connectivity index (χ1) is 24.9. The van der Waals surface area contributed by atoms with Gasteiger partial charge in [-0.25, -0.2) is 4.79 Å². The van der Waals surface area contributed by atoms with E-state index >= 15 is 0 Å². The van der Waals surface area contributed by atoms with Gasteiger partial charge in [0.15, 0.2) is 6.04 Å². The summed E-state index contributed by atoms with van der Waals surface area (Å²) in [6, 6.07) is 28.2. The number of benzene rings is 3. The van der Waals surface area contributed by atoms with E-state index in [0.29, 0.717) is 44.3 Å². The van der Waals surface area contributed by atoms with E-state index in [9.17, 15) is 24.0 Å². The van der Waals surface area contributed by atoms with Crippen molar-refractivity contribution in [1.29, 1.82) is 0 Å².